The van der Waals surface area contributed by atoms with E-state index in [9.17, 15) is 13.2 Å². The SMILES string of the molecule is O=C(CSC1=N[C@@H]2CS(=O)(=O)C[C@@H]2N1c1ccccc1)Nc1ccc(Br)cc1. The van der Waals surface area contributed by atoms with Crippen LogP contribution < -0.4 is 10.2 Å². The molecule has 9 heteroatoms. The van der Waals surface area contributed by atoms with Crippen LogP contribution in [0, 0.1) is 0 Å². The van der Waals surface area contributed by atoms with Crippen LogP contribution in [0.3, 0.4) is 0 Å². The van der Waals surface area contributed by atoms with E-state index in [1.807, 2.05) is 59.5 Å². The lowest BCUT2D eigenvalue weighted by Gasteiger charge is -2.26. The van der Waals surface area contributed by atoms with Crippen molar-refractivity contribution in [2.45, 2.75) is 12.1 Å². The van der Waals surface area contributed by atoms with Crippen molar-refractivity contribution in [2.24, 2.45) is 4.99 Å². The number of hydrogen-bond donors (Lipinski definition) is 1. The maximum absolute atomic E-state index is 12.3. The van der Waals surface area contributed by atoms with Gasteiger partial charge in [0.15, 0.2) is 15.0 Å². The molecule has 2 heterocycles. The van der Waals surface area contributed by atoms with Crippen LogP contribution in [0.15, 0.2) is 64.1 Å². The molecule has 2 aliphatic rings. The minimum Gasteiger partial charge on any atom is -0.325 e. The van der Waals surface area contributed by atoms with Gasteiger partial charge in [0.25, 0.3) is 0 Å². The van der Waals surface area contributed by atoms with Crippen LogP contribution in [-0.2, 0) is 14.6 Å². The average molecular weight is 480 g/mol. The Bertz CT molecular complexity index is 1010. The molecule has 0 radical (unpaired) electrons. The first-order valence-electron chi connectivity index (χ1n) is 8.72. The number of rotatable bonds is 4. The predicted molar refractivity (Wildman–Crippen MR) is 118 cm³/mol. The number of halogens is 1. The van der Waals surface area contributed by atoms with Crippen molar-refractivity contribution in [3.63, 3.8) is 0 Å². The Morgan fingerprint density at radius 2 is 1.86 bits per heavy atom. The minimum absolute atomic E-state index is 0.0656. The molecule has 146 valence electrons. The normalized spacial score (nSPS) is 22.6. The third-order valence-corrected chi connectivity index (χ3v) is 7.80. The van der Waals surface area contributed by atoms with E-state index in [1.165, 1.54) is 11.8 Å². The summed E-state index contributed by atoms with van der Waals surface area (Å²) in [5, 5.41) is 3.56. The van der Waals surface area contributed by atoms with E-state index < -0.39 is 9.84 Å². The molecule has 0 spiro atoms. The number of hydrogen-bond acceptors (Lipinski definition) is 6. The number of amides is 1. The predicted octanol–water partition coefficient (Wildman–Crippen LogP) is 3.16. The molecule has 0 bridgehead atoms. The zero-order valence-corrected chi connectivity index (χ0v) is 18.0. The van der Waals surface area contributed by atoms with Gasteiger partial charge >= 0.3 is 0 Å². The topological polar surface area (TPSA) is 78.8 Å². The first-order chi connectivity index (χ1) is 13.4. The molecule has 28 heavy (non-hydrogen) atoms. The second-order valence-electron chi connectivity index (χ2n) is 6.67. The third-order valence-electron chi connectivity index (χ3n) is 4.60. The van der Waals surface area contributed by atoms with Crippen molar-refractivity contribution in [1.29, 1.82) is 0 Å². The van der Waals surface area contributed by atoms with Crippen LogP contribution in [0.25, 0.3) is 0 Å². The lowest BCUT2D eigenvalue weighted by Crippen LogP contribution is -2.39. The highest BCUT2D eigenvalue weighted by atomic mass is 79.9. The zero-order chi connectivity index (χ0) is 19.7. The Labute approximate surface area is 176 Å². The fraction of sp³-hybridized carbons (Fsp3) is 0.263. The Kier molecular flexibility index (Phi) is 5.48. The maximum Gasteiger partial charge on any atom is 0.234 e. The van der Waals surface area contributed by atoms with Gasteiger partial charge in [-0.2, -0.15) is 0 Å². The Hall–Kier alpha value is -1.84. The summed E-state index contributed by atoms with van der Waals surface area (Å²) in [4.78, 5) is 18.9. The van der Waals surface area contributed by atoms with E-state index in [1.54, 1.807) is 0 Å². The molecule has 2 aromatic carbocycles. The molecule has 0 unspecified atom stereocenters. The number of nitrogens with one attached hydrogen (secondary N) is 1. The average Bonchev–Trinajstić information content (AvgIpc) is 3.13. The number of anilines is 2. The number of benzene rings is 2. The summed E-state index contributed by atoms with van der Waals surface area (Å²) in [6.07, 6.45) is 0. The summed E-state index contributed by atoms with van der Waals surface area (Å²) in [5.41, 5.74) is 1.62. The summed E-state index contributed by atoms with van der Waals surface area (Å²) in [6.45, 7) is 0. The number of thioether (sulfide) groups is 1. The van der Waals surface area contributed by atoms with Gasteiger partial charge in [0, 0.05) is 15.8 Å². The van der Waals surface area contributed by atoms with E-state index >= 15 is 0 Å². The van der Waals surface area contributed by atoms with Crippen molar-refractivity contribution in [3.05, 3.63) is 59.1 Å². The van der Waals surface area contributed by atoms with E-state index in [2.05, 4.69) is 26.2 Å². The number of carbonyl (C=O) groups excluding carboxylic acids is 1. The molecule has 2 aliphatic heterocycles. The van der Waals surface area contributed by atoms with Crippen molar-refractivity contribution in [2.75, 3.05) is 27.5 Å². The van der Waals surface area contributed by atoms with Gasteiger partial charge in [-0.3, -0.25) is 9.79 Å². The van der Waals surface area contributed by atoms with Crippen molar-refractivity contribution >= 4 is 60.0 Å². The van der Waals surface area contributed by atoms with Crippen LogP contribution in [0.5, 0.6) is 0 Å². The van der Waals surface area contributed by atoms with Crippen molar-refractivity contribution in [3.8, 4) is 0 Å². The Morgan fingerprint density at radius 1 is 1.14 bits per heavy atom. The second kappa shape index (κ2) is 7.88. The highest BCUT2D eigenvalue weighted by molar-refractivity contribution is 9.10. The Morgan fingerprint density at radius 3 is 2.57 bits per heavy atom. The quantitative estimate of drug-likeness (QED) is 0.728. The van der Waals surface area contributed by atoms with Gasteiger partial charge in [0.05, 0.1) is 29.3 Å². The number of nitrogens with zero attached hydrogens (tertiary/aromatic N) is 2. The smallest absolute Gasteiger partial charge is 0.234 e. The van der Waals surface area contributed by atoms with Gasteiger partial charge in [-0.05, 0) is 36.4 Å². The molecule has 1 amide bonds. The summed E-state index contributed by atoms with van der Waals surface area (Å²) < 4.78 is 25.0. The van der Waals surface area contributed by atoms with Crippen LogP contribution in [0.1, 0.15) is 0 Å². The molecular weight excluding hydrogens is 462 g/mol. The molecule has 0 saturated carbocycles. The number of aliphatic imine (C=N–C) groups is 1. The summed E-state index contributed by atoms with van der Waals surface area (Å²) in [5.74, 6) is 0.221. The molecule has 1 saturated heterocycles. The molecule has 2 aromatic rings. The number of carbonyl (C=O) groups is 1. The van der Waals surface area contributed by atoms with E-state index in [0.29, 0.717) is 5.17 Å². The van der Waals surface area contributed by atoms with Gasteiger partial charge in [-0.1, -0.05) is 45.9 Å². The number of amidine groups is 1. The molecule has 4 rings (SSSR count). The summed E-state index contributed by atoms with van der Waals surface area (Å²) in [7, 11) is -3.09. The first kappa shape index (κ1) is 19.5. The van der Waals surface area contributed by atoms with Crippen LogP contribution >= 0.6 is 27.7 Å². The van der Waals surface area contributed by atoms with Gasteiger partial charge in [-0.25, -0.2) is 8.42 Å². The largest absolute Gasteiger partial charge is 0.325 e. The second-order valence-corrected chi connectivity index (χ2v) is 10.7. The van der Waals surface area contributed by atoms with Gasteiger partial charge < -0.3 is 10.2 Å². The minimum atomic E-state index is -3.09. The number of fused-ring (bicyclic) bond motifs is 1. The van der Waals surface area contributed by atoms with Crippen LogP contribution in [0.2, 0.25) is 0 Å². The molecule has 2 atom stereocenters. The highest BCUT2D eigenvalue weighted by Crippen LogP contribution is 2.35. The number of sulfone groups is 1. The molecule has 1 fully saturated rings. The molecule has 0 aromatic heterocycles. The molecule has 6 nitrogen and oxygen atoms in total. The summed E-state index contributed by atoms with van der Waals surface area (Å²) in [6, 6.07) is 16.5. The number of para-hydroxylation sites is 1. The zero-order valence-electron chi connectivity index (χ0n) is 14.8. The van der Waals surface area contributed by atoms with Crippen LogP contribution in [0.4, 0.5) is 11.4 Å². The third kappa shape index (κ3) is 4.26. The molecule has 1 N–H and O–H groups in total. The lowest BCUT2D eigenvalue weighted by molar-refractivity contribution is -0.113. The molecular formula is C19H18BrN3O3S2. The summed E-state index contributed by atoms with van der Waals surface area (Å²) >= 11 is 4.70. The van der Waals surface area contributed by atoms with Crippen LogP contribution in [-0.4, -0.2) is 48.8 Å². The monoisotopic (exact) mass is 479 g/mol. The Balaban J connectivity index is 1.47. The van der Waals surface area contributed by atoms with E-state index in [4.69, 9.17) is 0 Å². The lowest BCUT2D eigenvalue weighted by atomic mass is 10.1. The van der Waals surface area contributed by atoms with Gasteiger partial charge in [-0.15, -0.1) is 0 Å². The maximum atomic E-state index is 12.3. The molecule has 0 aliphatic carbocycles. The van der Waals surface area contributed by atoms with Gasteiger partial charge in [0.1, 0.15) is 0 Å². The first-order valence-corrected chi connectivity index (χ1v) is 12.3. The van der Waals surface area contributed by atoms with Crippen molar-refractivity contribution < 1.29 is 13.2 Å². The van der Waals surface area contributed by atoms with E-state index in [0.717, 1.165) is 15.8 Å². The standard InChI is InChI=1S/C19H18BrN3O3S2/c20-13-6-8-14(9-7-13)21-18(24)10-27-19-22-16-11-28(25,26)12-17(16)23(19)15-4-2-1-3-5-15/h1-9,16-17H,10-12H2,(H,21,24)/t16-,17+/m1/s1. The fourth-order valence-electron chi connectivity index (χ4n) is 3.38. The highest BCUT2D eigenvalue weighted by Gasteiger charge is 2.47. The van der Waals surface area contributed by atoms with Crippen molar-refractivity contribution in [1.82, 2.24) is 0 Å². The van der Waals surface area contributed by atoms with E-state index in [-0.39, 0.29) is 35.2 Å². The fourth-order valence-corrected chi connectivity index (χ4v) is 6.42. The van der Waals surface area contributed by atoms with Gasteiger partial charge in [0.2, 0.25) is 5.91 Å².